The quantitative estimate of drug-likeness (QED) is 0.550. The van der Waals surface area contributed by atoms with Crippen molar-refractivity contribution in [2.75, 3.05) is 19.6 Å². The van der Waals surface area contributed by atoms with Crippen LogP contribution in [0.1, 0.15) is 73.1 Å². The van der Waals surface area contributed by atoms with Crippen LogP contribution in [-0.4, -0.2) is 42.0 Å². The van der Waals surface area contributed by atoms with Gasteiger partial charge in [0.25, 0.3) is 0 Å². The summed E-state index contributed by atoms with van der Waals surface area (Å²) in [6, 6.07) is 0.366. The average molecular weight is 300 g/mol. The zero-order valence-corrected chi connectivity index (χ0v) is 14.9. The van der Waals surface area contributed by atoms with E-state index < -0.39 is 5.54 Å². The summed E-state index contributed by atoms with van der Waals surface area (Å²) >= 11 is 0. The molecule has 0 aliphatic rings. The van der Waals surface area contributed by atoms with Crippen molar-refractivity contribution < 1.29 is 4.79 Å². The van der Waals surface area contributed by atoms with Gasteiger partial charge in [0, 0.05) is 6.04 Å². The van der Waals surface area contributed by atoms with Crippen LogP contribution in [0.15, 0.2) is 0 Å². The fourth-order valence-corrected chi connectivity index (χ4v) is 2.66. The van der Waals surface area contributed by atoms with Crippen molar-refractivity contribution in [2.24, 2.45) is 5.73 Å². The molecule has 0 aliphatic carbocycles. The predicted octanol–water partition coefficient (Wildman–Crippen LogP) is 2.91. The summed E-state index contributed by atoms with van der Waals surface area (Å²) in [5.74, 6) is -0.242. The Labute approximate surface area is 131 Å². The Hall–Kier alpha value is -0.610. The van der Waals surface area contributed by atoms with E-state index in [9.17, 15) is 4.79 Å². The van der Waals surface area contributed by atoms with Crippen LogP contribution in [0.3, 0.4) is 0 Å². The molecule has 4 nitrogen and oxygen atoms in total. The second-order valence-corrected chi connectivity index (χ2v) is 6.42. The van der Waals surface area contributed by atoms with Gasteiger partial charge in [-0.15, -0.1) is 0 Å². The lowest BCUT2D eigenvalue weighted by molar-refractivity contribution is -0.124. The molecular weight excluding hydrogens is 262 g/mol. The van der Waals surface area contributed by atoms with E-state index in [0.717, 1.165) is 32.5 Å². The minimum Gasteiger partial charge on any atom is -0.368 e. The second kappa shape index (κ2) is 11.0. The minimum atomic E-state index is -0.605. The fraction of sp³-hybridized carbons (Fsp3) is 0.941. The summed E-state index contributed by atoms with van der Waals surface area (Å²) < 4.78 is 0. The van der Waals surface area contributed by atoms with Gasteiger partial charge >= 0.3 is 0 Å². The molecular formula is C17H37N3O. The number of rotatable bonds is 13. The number of unbranched alkanes of at least 4 members (excludes halogenated alkanes) is 2. The molecule has 126 valence electrons. The molecule has 0 rings (SSSR count). The third kappa shape index (κ3) is 7.82. The number of hydrogen-bond donors (Lipinski definition) is 2. The van der Waals surface area contributed by atoms with Crippen LogP contribution in [0.5, 0.6) is 0 Å². The third-order valence-electron chi connectivity index (χ3n) is 4.23. The van der Waals surface area contributed by atoms with Gasteiger partial charge in [0.05, 0.1) is 5.54 Å². The Morgan fingerprint density at radius 3 is 2.05 bits per heavy atom. The van der Waals surface area contributed by atoms with Crippen LogP contribution in [0.25, 0.3) is 0 Å². The first-order valence-electron chi connectivity index (χ1n) is 8.70. The van der Waals surface area contributed by atoms with Crippen molar-refractivity contribution in [3.05, 3.63) is 0 Å². The number of hydrogen-bond acceptors (Lipinski definition) is 3. The summed E-state index contributed by atoms with van der Waals surface area (Å²) in [6.45, 7) is 13.8. The first kappa shape index (κ1) is 20.4. The smallest absolute Gasteiger partial charge is 0.237 e. The summed E-state index contributed by atoms with van der Waals surface area (Å²) in [5.41, 5.74) is 5.04. The van der Waals surface area contributed by atoms with Gasteiger partial charge in [-0.25, -0.2) is 0 Å². The molecule has 3 N–H and O–H groups in total. The molecule has 0 aromatic carbocycles. The molecule has 4 heteroatoms. The highest BCUT2D eigenvalue weighted by molar-refractivity contribution is 5.84. The molecule has 0 fully saturated rings. The molecule has 0 saturated carbocycles. The van der Waals surface area contributed by atoms with Gasteiger partial charge in [0.2, 0.25) is 5.91 Å². The van der Waals surface area contributed by atoms with Crippen LogP contribution >= 0.6 is 0 Å². The van der Waals surface area contributed by atoms with Crippen molar-refractivity contribution in [3.63, 3.8) is 0 Å². The summed E-state index contributed by atoms with van der Waals surface area (Å²) in [7, 11) is 0. The summed E-state index contributed by atoms with van der Waals surface area (Å²) in [5, 5.41) is 3.34. The molecule has 0 spiro atoms. The van der Waals surface area contributed by atoms with Crippen LogP contribution in [-0.2, 0) is 4.79 Å². The molecule has 0 saturated heterocycles. The molecule has 21 heavy (non-hydrogen) atoms. The second-order valence-electron chi connectivity index (χ2n) is 6.42. The Morgan fingerprint density at radius 1 is 1.14 bits per heavy atom. The molecule has 2 unspecified atom stereocenters. The van der Waals surface area contributed by atoms with E-state index in [1.807, 2.05) is 6.92 Å². The van der Waals surface area contributed by atoms with Gasteiger partial charge in [-0.3, -0.25) is 4.79 Å². The standard InChI is InChI=1S/C17H37N3O/c1-6-9-12-20(13-10-7-2)15(4)14-17(5,16(18)21)19-11-8-3/h15,19H,6-14H2,1-5H3,(H2,18,21). The van der Waals surface area contributed by atoms with Crippen molar-refractivity contribution in [1.29, 1.82) is 0 Å². The number of carbonyl (C=O) groups excluding carboxylic acids is 1. The zero-order chi connectivity index (χ0) is 16.3. The number of carbonyl (C=O) groups is 1. The SMILES string of the molecule is CCCCN(CCCC)C(C)CC(C)(NCCC)C(N)=O. The lowest BCUT2D eigenvalue weighted by atomic mass is 9.91. The Morgan fingerprint density at radius 2 is 1.67 bits per heavy atom. The van der Waals surface area contributed by atoms with E-state index in [1.165, 1.54) is 25.7 Å². The molecule has 0 heterocycles. The summed E-state index contributed by atoms with van der Waals surface area (Å²) in [6.07, 6.45) is 6.61. The van der Waals surface area contributed by atoms with Crippen molar-refractivity contribution in [3.8, 4) is 0 Å². The van der Waals surface area contributed by atoms with E-state index in [2.05, 4.69) is 37.9 Å². The number of nitrogens with two attached hydrogens (primary N) is 1. The topological polar surface area (TPSA) is 58.4 Å². The molecule has 2 atom stereocenters. The maximum atomic E-state index is 11.9. The van der Waals surface area contributed by atoms with Gasteiger partial charge in [-0.1, -0.05) is 33.6 Å². The van der Waals surface area contributed by atoms with E-state index in [1.54, 1.807) is 0 Å². The zero-order valence-electron chi connectivity index (χ0n) is 14.9. The van der Waals surface area contributed by atoms with E-state index in [-0.39, 0.29) is 5.91 Å². The lowest BCUT2D eigenvalue weighted by Crippen LogP contribution is -2.56. The first-order chi connectivity index (χ1) is 9.91. The lowest BCUT2D eigenvalue weighted by Gasteiger charge is -2.36. The molecule has 0 aromatic heterocycles. The summed E-state index contributed by atoms with van der Waals surface area (Å²) in [4.78, 5) is 14.4. The molecule has 0 bridgehead atoms. The maximum absolute atomic E-state index is 11.9. The Bertz CT molecular complexity index is 275. The molecule has 1 amide bonds. The van der Waals surface area contributed by atoms with Gasteiger partial charge in [-0.05, 0) is 59.2 Å². The highest BCUT2D eigenvalue weighted by Crippen LogP contribution is 2.18. The van der Waals surface area contributed by atoms with Crippen LogP contribution < -0.4 is 11.1 Å². The normalized spacial score (nSPS) is 15.9. The molecule has 0 aromatic rings. The van der Waals surface area contributed by atoms with Crippen LogP contribution in [0.4, 0.5) is 0 Å². The minimum absolute atomic E-state index is 0.242. The Balaban J connectivity index is 4.71. The van der Waals surface area contributed by atoms with Crippen LogP contribution in [0, 0.1) is 0 Å². The number of amides is 1. The van der Waals surface area contributed by atoms with Crippen LogP contribution in [0.2, 0.25) is 0 Å². The maximum Gasteiger partial charge on any atom is 0.237 e. The predicted molar refractivity (Wildman–Crippen MR) is 91.4 cm³/mol. The highest BCUT2D eigenvalue weighted by atomic mass is 16.1. The average Bonchev–Trinajstić information content (AvgIpc) is 2.45. The van der Waals surface area contributed by atoms with Crippen molar-refractivity contribution in [2.45, 2.75) is 84.7 Å². The van der Waals surface area contributed by atoms with Crippen molar-refractivity contribution in [1.82, 2.24) is 10.2 Å². The number of primary amides is 1. The van der Waals surface area contributed by atoms with Gasteiger partial charge in [-0.2, -0.15) is 0 Å². The number of nitrogens with one attached hydrogen (secondary N) is 1. The monoisotopic (exact) mass is 299 g/mol. The first-order valence-corrected chi connectivity index (χ1v) is 8.70. The third-order valence-corrected chi connectivity index (χ3v) is 4.23. The van der Waals surface area contributed by atoms with Crippen molar-refractivity contribution >= 4 is 5.91 Å². The van der Waals surface area contributed by atoms with E-state index in [4.69, 9.17) is 5.73 Å². The largest absolute Gasteiger partial charge is 0.368 e. The highest BCUT2D eigenvalue weighted by Gasteiger charge is 2.33. The van der Waals surface area contributed by atoms with E-state index >= 15 is 0 Å². The van der Waals surface area contributed by atoms with Gasteiger partial charge in [0.15, 0.2) is 0 Å². The number of nitrogens with zero attached hydrogens (tertiary/aromatic N) is 1. The van der Waals surface area contributed by atoms with Gasteiger partial charge < -0.3 is 16.0 Å². The molecule has 0 radical (unpaired) electrons. The van der Waals surface area contributed by atoms with E-state index in [0.29, 0.717) is 6.04 Å². The Kier molecular flexibility index (Phi) is 10.7. The van der Waals surface area contributed by atoms with Gasteiger partial charge in [0.1, 0.15) is 0 Å². The fourth-order valence-electron chi connectivity index (χ4n) is 2.66. The molecule has 0 aliphatic heterocycles.